The minimum Gasteiger partial charge on any atom is -0.348 e. The number of aryl methyl sites for hydroxylation is 2. The van der Waals surface area contributed by atoms with Crippen LogP contribution in [0.3, 0.4) is 0 Å². The average Bonchev–Trinajstić information content (AvgIpc) is 3.04. The third-order valence-electron chi connectivity index (χ3n) is 4.56. The Hall–Kier alpha value is -2.27. The van der Waals surface area contributed by atoms with E-state index in [0.717, 1.165) is 28.6 Å². The van der Waals surface area contributed by atoms with Crippen LogP contribution in [0, 0.1) is 13.8 Å². The number of rotatable bonds is 4. The Kier molecular flexibility index (Phi) is 5.13. The van der Waals surface area contributed by atoms with Crippen molar-refractivity contribution in [1.29, 1.82) is 0 Å². The Balaban J connectivity index is 1.83. The molecule has 3 rings (SSSR count). The van der Waals surface area contributed by atoms with Gasteiger partial charge in [-0.1, -0.05) is 30.3 Å². The largest absolute Gasteiger partial charge is 0.348 e. The minimum absolute atomic E-state index is 0.0136. The Morgan fingerprint density at radius 2 is 1.92 bits per heavy atom. The Morgan fingerprint density at radius 1 is 1.20 bits per heavy atom. The second kappa shape index (κ2) is 7.31. The van der Waals surface area contributed by atoms with Crippen molar-refractivity contribution in [3.8, 4) is 0 Å². The van der Waals surface area contributed by atoms with Crippen molar-refractivity contribution < 1.29 is 4.79 Å². The van der Waals surface area contributed by atoms with Crippen molar-refractivity contribution >= 4 is 28.9 Å². The van der Waals surface area contributed by atoms with E-state index < -0.39 is 0 Å². The average molecular weight is 353 g/mol. The monoisotopic (exact) mass is 353 g/mol. The molecule has 0 spiro atoms. The molecule has 2 aromatic rings. The molecule has 1 saturated heterocycles. The number of amidine groups is 1. The molecular weight excluding hydrogens is 330 g/mol. The molecule has 1 aromatic heterocycles. The molecule has 0 saturated carbocycles. The Morgan fingerprint density at radius 3 is 2.56 bits per heavy atom. The number of carbonyl (C=O) groups excluding carboxylic acids is 1. The number of aromatic nitrogens is 1. The first-order valence-electron chi connectivity index (χ1n) is 8.36. The molecule has 0 unspecified atom stereocenters. The fourth-order valence-electron chi connectivity index (χ4n) is 3.09. The highest BCUT2D eigenvalue weighted by Gasteiger charge is 2.30. The van der Waals surface area contributed by atoms with Crippen LogP contribution in [0.5, 0.6) is 0 Å². The number of carbonyl (C=O) groups is 1. The summed E-state index contributed by atoms with van der Waals surface area (Å²) in [7, 11) is 3.48. The maximum atomic E-state index is 12.3. The first kappa shape index (κ1) is 17.5. The summed E-state index contributed by atoms with van der Waals surface area (Å²) in [6, 6.07) is 12.7. The van der Waals surface area contributed by atoms with E-state index in [1.807, 2.05) is 12.1 Å². The van der Waals surface area contributed by atoms with Crippen LogP contribution in [-0.2, 0) is 17.8 Å². The summed E-state index contributed by atoms with van der Waals surface area (Å²) < 4.78 is 2.32. The lowest BCUT2D eigenvalue weighted by atomic mass is 10.1. The molecule has 25 heavy (non-hydrogen) atoms. The van der Waals surface area contributed by atoms with Gasteiger partial charge in [-0.15, -0.1) is 0 Å². The van der Waals surface area contributed by atoms with Gasteiger partial charge in [0.2, 0.25) is 0 Å². The van der Waals surface area contributed by atoms with Crippen molar-refractivity contribution in [2.24, 2.45) is 4.99 Å². The Bertz CT molecular complexity index is 849. The second-order valence-corrected chi connectivity index (χ2v) is 7.20. The van der Waals surface area contributed by atoms with Crippen molar-refractivity contribution in [1.82, 2.24) is 9.47 Å². The SMILES string of the molecule is CN=C1S/C(=C\c2cc(C)n(CCc3ccccc3)c2C)C(=O)N1C. The predicted molar refractivity (Wildman–Crippen MR) is 106 cm³/mol. The number of amides is 1. The van der Waals surface area contributed by atoms with E-state index in [1.165, 1.54) is 28.7 Å². The smallest absolute Gasteiger partial charge is 0.266 e. The highest BCUT2D eigenvalue weighted by Crippen LogP contribution is 2.32. The number of aliphatic imine (C=N–C) groups is 1. The van der Waals surface area contributed by atoms with Gasteiger partial charge in [0.25, 0.3) is 5.91 Å². The molecule has 0 bridgehead atoms. The van der Waals surface area contributed by atoms with Crippen LogP contribution in [0.25, 0.3) is 6.08 Å². The van der Waals surface area contributed by atoms with Gasteiger partial charge in [0, 0.05) is 32.0 Å². The molecule has 1 aromatic carbocycles. The molecule has 5 heteroatoms. The molecule has 2 heterocycles. The van der Waals surface area contributed by atoms with E-state index >= 15 is 0 Å². The van der Waals surface area contributed by atoms with E-state index in [2.05, 4.69) is 53.7 Å². The number of hydrogen-bond acceptors (Lipinski definition) is 3. The van der Waals surface area contributed by atoms with E-state index in [9.17, 15) is 4.79 Å². The van der Waals surface area contributed by atoms with Gasteiger partial charge in [0.05, 0.1) is 4.91 Å². The van der Waals surface area contributed by atoms with Gasteiger partial charge in [-0.05, 0) is 55.3 Å². The predicted octanol–water partition coefficient (Wildman–Crippen LogP) is 3.88. The van der Waals surface area contributed by atoms with Crippen LogP contribution >= 0.6 is 11.8 Å². The molecule has 1 aliphatic rings. The van der Waals surface area contributed by atoms with Crippen molar-refractivity contribution in [3.63, 3.8) is 0 Å². The van der Waals surface area contributed by atoms with E-state index in [-0.39, 0.29) is 5.91 Å². The molecule has 0 N–H and O–H groups in total. The highest BCUT2D eigenvalue weighted by molar-refractivity contribution is 8.18. The van der Waals surface area contributed by atoms with Gasteiger partial charge in [-0.3, -0.25) is 14.7 Å². The van der Waals surface area contributed by atoms with E-state index in [4.69, 9.17) is 0 Å². The summed E-state index contributed by atoms with van der Waals surface area (Å²) in [6.45, 7) is 5.18. The van der Waals surface area contributed by atoms with Gasteiger partial charge in [0.15, 0.2) is 5.17 Å². The van der Waals surface area contributed by atoms with Gasteiger partial charge in [-0.25, -0.2) is 0 Å². The van der Waals surface area contributed by atoms with Crippen LogP contribution in [0.1, 0.15) is 22.5 Å². The Labute approximate surface area is 153 Å². The van der Waals surface area contributed by atoms with Gasteiger partial charge in [0.1, 0.15) is 0 Å². The summed E-state index contributed by atoms with van der Waals surface area (Å²) >= 11 is 1.43. The van der Waals surface area contributed by atoms with Crippen molar-refractivity contribution in [2.45, 2.75) is 26.8 Å². The fraction of sp³-hybridized carbons (Fsp3) is 0.300. The quantitative estimate of drug-likeness (QED) is 0.782. The van der Waals surface area contributed by atoms with Gasteiger partial charge >= 0.3 is 0 Å². The normalized spacial score (nSPS) is 17.9. The summed E-state index contributed by atoms with van der Waals surface area (Å²) in [6.07, 6.45) is 2.99. The number of hydrogen-bond donors (Lipinski definition) is 0. The third kappa shape index (κ3) is 3.56. The van der Waals surface area contributed by atoms with Crippen LogP contribution in [0.15, 0.2) is 46.3 Å². The van der Waals surface area contributed by atoms with Gasteiger partial charge < -0.3 is 4.57 Å². The first-order chi connectivity index (χ1) is 12.0. The van der Waals surface area contributed by atoms with Gasteiger partial charge in [-0.2, -0.15) is 0 Å². The number of thioether (sulfide) groups is 1. The standard InChI is InChI=1S/C20H23N3OS/c1-14-12-17(13-18-19(24)22(4)20(21-3)25-18)15(2)23(14)11-10-16-8-6-5-7-9-16/h5-9,12-13H,10-11H2,1-4H3/b18-13-,21-20?. The van der Waals surface area contributed by atoms with Crippen LogP contribution < -0.4 is 0 Å². The van der Waals surface area contributed by atoms with Crippen LogP contribution in [0.4, 0.5) is 0 Å². The zero-order valence-electron chi connectivity index (χ0n) is 15.1. The molecule has 1 aliphatic heterocycles. The molecular formula is C20H23N3OS. The van der Waals surface area contributed by atoms with E-state index in [0.29, 0.717) is 0 Å². The van der Waals surface area contributed by atoms with Crippen molar-refractivity contribution in [3.05, 3.63) is 63.8 Å². The second-order valence-electron chi connectivity index (χ2n) is 6.19. The molecule has 4 nitrogen and oxygen atoms in total. The summed E-state index contributed by atoms with van der Waals surface area (Å²) in [4.78, 5) is 18.8. The lowest BCUT2D eigenvalue weighted by Gasteiger charge is -2.09. The van der Waals surface area contributed by atoms with Crippen LogP contribution in [0.2, 0.25) is 0 Å². The van der Waals surface area contributed by atoms with Crippen LogP contribution in [-0.4, -0.2) is 34.6 Å². The molecule has 0 radical (unpaired) electrons. The van der Waals surface area contributed by atoms with Crippen molar-refractivity contribution in [2.75, 3.05) is 14.1 Å². The topological polar surface area (TPSA) is 37.6 Å². The summed E-state index contributed by atoms with van der Waals surface area (Å²) in [5, 5.41) is 0.745. The summed E-state index contributed by atoms with van der Waals surface area (Å²) in [5.41, 5.74) is 4.85. The fourth-order valence-corrected chi connectivity index (χ4v) is 4.01. The highest BCUT2D eigenvalue weighted by atomic mass is 32.2. The number of benzene rings is 1. The molecule has 1 amide bonds. The molecule has 0 aliphatic carbocycles. The lowest BCUT2D eigenvalue weighted by Crippen LogP contribution is -2.23. The molecule has 1 fully saturated rings. The zero-order valence-corrected chi connectivity index (χ0v) is 15.9. The zero-order chi connectivity index (χ0) is 18.0. The number of likely N-dealkylation sites (N-methyl/N-ethyl adjacent to an activating group) is 1. The minimum atomic E-state index is 0.0136. The lowest BCUT2D eigenvalue weighted by molar-refractivity contribution is -0.121. The number of nitrogens with zero attached hydrogens (tertiary/aromatic N) is 3. The first-order valence-corrected chi connectivity index (χ1v) is 9.18. The third-order valence-corrected chi connectivity index (χ3v) is 5.71. The summed E-state index contributed by atoms with van der Waals surface area (Å²) in [5.74, 6) is 0.0136. The molecule has 130 valence electrons. The maximum absolute atomic E-state index is 12.3. The van der Waals surface area contributed by atoms with E-state index in [1.54, 1.807) is 19.0 Å². The maximum Gasteiger partial charge on any atom is 0.266 e. The molecule has 0 atom stereocenters.